The molecule has 3 aliphatic heterocycles. The maximum Gasteiger partial charge on any atom is 0.225 e. The lowest BCUT2D eigenvalue weighted by atomic mass is 9.89. The van der Waals surface area contributed by atoms with Crippen LogP contribution in [0.15, 0.2) is 42.2 Å². The fourth-order valence-electron chi connectivity index (χ4n) is 4.92. The van der Waals surface area contributed by atoms with Gasteiger partial charge >= 0.3 is 0 Å². The van der Waals surface area contributed by atoms with Crippen molar-refractivity contribution >= 4 is 28.2 Å². The van der Waals surface area contributed by atoms with E-state index in [0.717, 1.165) is 72.1 Å². The zero-order valence-corrected chi connectivity index (χ0v) is 19.2. The summed E-state index contributed by atoms with van der Waals surface area (Å²) in [7, 11) is 3.58. The normalized spacial score (nSPS) is 22.2. The number of pyridine rings is 1. The van der Waals surface area contributed by atoms with Gasteiger partial charge in [-0.1, -0.05) is 0 Å². The van der Waals surface area contributed by atoms with Crippen LogP contribution in [0.2, 0.25) is 0 Å². The van der Waals surface area contributed by atoms with Crippen molar-refractivity contribution in [3.05, 3.63) is 47.9 Å². The molecule has 0 aliphatic carbocycles. The molecular formula is C25H31N5O3. The number of nitrogens with one attached hydrogen (secondary N) is 3. The van der Waals surface area contributed by atoms with Gasteiger partial charge in [0, 0.05) is 43.3 Å². The van der Waals surface area contributed by atoms with Crippen molar-refractivity contribution in [3.8, 4) is 5.75 Å². The Labute approximate surface area is 194 Å². The van der Waals surface area contributed by atoms with Crippen molar-refractivity contribution in [2.24, 2.45) is 11.8 Å². The van der Waals surface area contributed by atoms with Crippen molar-refractivity contribution in [2.45, 2.75) is 6.42 Å². The molecule has 0 bridgehead atoms. The van der Waals surface area contributed by atoms with Crippen LogP contribution in [0.3, 0.4) is 0 Å². The lowest BCUT2D eigenvalue weighted by Crippen LogP contribution is -2.41. The molecule has 3 N–H and O–H groups in total. The van der Waals surface area contributed by atoms with Crippen LogP contribution in [0.1, 0.15) is 12.1 Å². The van der Waals surface area contributed by atoms with Gasteiger partial charge in [-0.15, -0.1) is 0 Å². The van der Waals surface area contributed by atoms with E-state index in [1.165, 1.54) is 0 Å². The monoisotopic (exact) mass is 449 g/mol. The number of nitrogens with zero attached hydrogens (tertiary/aromatic N) is 2. The Morgan fingerprint density at radius 1 is 1.21 bits per heavy atom. The molecule has 174 valence electrons. The van der Waals surface area contributed by atoms with Crippen LogP contribution in [-0.2, 0) is 9.53 Å². The zero-order valence-electron chi connectivity index (χ0n) is 19.2. The quantitative estimate of drug-likeness (QED) is 0.557. The molecule has 1 aromatic heterocycles. The minimum Gasteiger partial charge on any atom is -0.497 e. The molecule has 3 aliphatic rings. The summed E-state index contributed by atoms with van der Waals surface area (Å²) in [6, 6.07) is 8.16. The largest absolute Gasteiger partial charge is 0.497 e. The summed E-state index contributed by atoms with van der Waals surface area (Å²) in [4.78, 5) is 19.7. The van der Waals surface area contributed by atoms with Crippen LogP contribution >= 0.6 is 0 Å². The molecule has 1 amide bonds. The number of aromatic nitrogens is 1. The molecular weight excluding hydrogens is 418 g/mol. The smallest absolute Gasteiger partial charge is 0.225 e. The maximum absolute atomic E-state index is 12.4. The Hall–Kier alpha value is -3.26. The molecule has 2 saturated heterocycles. The van der Waals surface area contributed by atoms with Gasteiger partial charge in [0.05, 0.1) is 36.5 Å². The lowest BCUT2D eigenvalue weighted by Gasteiger charge is -2.23. The van der Waals surface area contributed by atoms with Gasteiger partial charge < -0.3 is 30.3 Å². The van der Waals surface area contributed by atoms with Gasteiger partial charge in [-0.05, 0) is 49.7 Å². The van der Waals surface area contributed by atoms with Gasteiger partial charge in [-0.3, -0.25) is 4.79 Å². The number of carbonyl (C=O) groups is 1. The van der Waals surface area contributed by atoms with E-state index in [0.29, 0.717) is 19.1 Å². The van der Waals surface area contributed by atoms with E-state index in [4.69, 9.17) is 14.5 Å². The number of benzene rings is 1. The van der Waals surface area contributed by atoms with Crippen LogP contribution in [0.5, 0.6) is 5.75 Å². The van der Waals surface area contributed by atoms with E-state index in [1.807, 2.05) is 31.3 Å². The first-order chi connectivity index (χ1) is 16.2. The van der Waals surface area contributed by atoms with Crippen molar-refractivity contribution in [3.63, 3.8) is 0 Å². The van der Waals surface area contributed by atoms with Crippen molar-refractivity contribution < 1.29 is 14.3 Å². The number of hydrogen-bond acceptors (Lipinski definition) is 7. The molecule has 33 heavy (non-hydrogen) atoms. The van der Waals surface area contributed by atoms with E-state index >= 15 is 0 Å². The average Bonchev–Trinajstić information content (AvgIpc) is 3.29. The summed E-state index contributed by atoms with van der Waals surface area (Å²) >= 11 is 0. The summed E-state index contributed by atoms with van der Waals surface area (Å²) in [5.74, 6) is 2.32. The predicted octanol–water partition coefficient (Wildman–Crippen LogP) is 1.88. The molecule has 2 aromatic rings. The number of likely N-dealkylation sites (N-methyl/N-ethyl adjacent to an activating group) is 1. The topological polar surface area (TPSA) is 87.8 Å². The fraction of sp³-hybridized carbons (Fsp3) is 0.440. The Morgan fingerprint density at radius 2 is 2.12 bits per heavy atom. The van der Waals surface area contributed by atoms with Crippen LogP contribution in [0, 0.1) is 11.8 Å². The molecule has 0 spiro atoms. The standard InChI is InChI=1S/C25H31N5O3/c1-26-9-10-33-18-4-6-21(28-13-18)23-12-24(19-5-3-17(32-2)11-22(19)29-23)30-14-16-7-8-27-25(31)20(16)15-30/h3-6,11-12,16,20,26,28H,7-10,13-15H2,1-2H3,(H,27,31). The maximum atomic E-state index is 12.4. The van der Waals surface area contributed by atoms with Crippen molar-refractivity contribution in [1.82, 2.24) is 20.9 Å². The molecule has 5 rings (SSSR count). The molecule has 1 aromatic carbocycles. The highest BCUT2D eigenvalue weighted by atomic mass is 16.5. The minimum absolute atomic E-state index is 0.0518. The molecule has 2 atom stereocenters. The number of dihydropyridines is 1. The molecule has 2 unspecified atom stereocenters. The highest BCUT2D eigenvalue weighted by Gasteiger charge is 2.40. The molecule has 4 heterocycles. The molecule has 8 heteroatoms. The second kappa shape index (κ2) is 9.31. The summed E-state index contributed by atoms with van der Waals surface area (Å²) in [5, 5.41) is 10.6. The van der Waals surface area contributed by atoms with E-state index < -0.39 is 0 Å². The number of piperidine rings is 1. The summed E-state index contributed by atoms with van der Waals surface area (Å²) in [6.07, 6.45) is 5.06. The Morgan fingerprint density at radius 3 is 2.88 bits per heavy atom. The third-order valence-corrected chi connectivity index (χ3v) is 6.73. The third kappa shape index (κ3) is 4.35. The van der Waals surface area contributed by atoms with E-state index in [2.05, 4.69) is 33.0 Å². The first-order valence-electron chi connectivity index (χ1n) is 11.6. The van der Waals surface area contributed by atoms with Gasteiger partial charge in [0.15, 0.2) is 0 Å². The lowest BCUT2D eigenvalue weighted by molar-refractivity contribution is -0.127. The first kappa shape index (κ1) is 21.6. The summed E-state index contributed by atoms with van der Waals surface area (Å²) in [6.45, 7) is 4.46. The Bertz CT molecular complexity index is 1110. The number of ether oxygens (including phenoxy) is 2. The Kier molecular flexibility index (Phi) is 6.09. The van der Waals surface area contributed by atoms with E-state index in [1.54, 1.807) is 7.11 Å². The highest BCUT2D eigenvalue weighted by molar-refractivity contribution is 5.95. The number of hydrogen-bond donors (Lipinski definition) is 3. The van der Waals surface area contributed by atoms with Gasteiger partial charge in [0.2, 0.25) is 5.91 Å². The minimum atomic E-state index is 0.0518. The fourth-order valence-corrected chi connectivity index (χ4v) is 4.92. The number of methoxy groups -OCH3 is 1. The first-order valence-corrected chi connectivity index (χ1v) is 11.6. The summed E-state index contributed by atoms with van der Waals surface area (Å²) in [5.41, 5.74) is 3.82. The highest BCUT2D eigenvalue weighted by Crippen LogP contribution is 2.37. The van der Waals surface area contributed by atoms with E-state index in [-0.39, 0.29) is 11.8 Å². The van der Waals surface area contributed by atoms with Crippen LogP contribution < -0.4 is 25.6 Å². The van der Waals surface area contributed by atoms with Crippen molar-refractivity contribution in [1.29, 1.82) is 0 Å². The second-order valence-corrected chi connectivity index (χ2v) is 8.78. The van der Waals surface area contributed by atoms with Crippen LogP contribution in [-0.4, -0.2) is 64.4 Å². The number of fused-ring (bicyclic) bond motifs is 2. The van der Waals surface area contributed by atoms with Gasteiger partial charge in [0.1, 0.15) is 18.1 Å². The number of rotatable bonds is 7. The molecule has 0 saturated carbocycles. The molecule has 8 nitrogen and oxygen atoms in total. The number of carbonyl (C=O) groups excluding carboxylic acids is 1. The molecule has 2 fully saturated rings. The van der Waals surface area contributed by atoms with Gasteiger partial charge in [-0.2, -0.15) is 0 Å². The Balaban J connectivity index is 1.49. The number of anilines is 1. The van der Waals surface area contributed by atoms with Crippen molar-refractivity contribution in [2.75, 3.05) is 58.4 Å². The summed E-state index contributed by atoms with van der Waals surface area (Å²) < 4.78 is 11.2. The predicted molar refractivity (Wildman–Crippen MR) is 129 cm³/mol. The average molecular weight is 450 g/mol. The SMILES string of the molecule is CNCCOC1=CC=C(c2cc(N3CC4CCNC(=O)C4C3)c3ccc(OC)cc3n2)NC1. The van der Waals surface area contributed by atoms with Gasteiger partial charge in [-0.25, -0.2) is 4.98 Å². The van der Waals surface area contributed by atoms with Crippen LogP contribution in [0.25, 0.3) is 16.6 Å². The molecule has 0 radical (unpaired) electrons. The third-order valence-electron chi connectivity index (χ3n) is 6.73. The zero-order chi connectivity index (χ0) is 22.8. The van der Waals surface area contributed by atoms with Gasteiger partial charge in [0.25, 0.3) is 0 Å². The van der Waals surface area contributed by atoms with E-state index in [9.17, 15) is 4.79 Å². The number of allylic oxidation sites excluding steroid dienone is 2. The number of amides is 1. The van der Waals surface area contributed by atoms with Crippen LogP contribution in [0.4, 0.5) is 5.69 Å². The second-order valence-electron chi connectivity index (χ2n) is 8.78.